The number of ether oxygens (including phenoxy) is 1. The van der Waals surface area contributed by atoms with E-state index in [1.807, 2.05) is 30.3 Å². The lowest BCUT2D eigenvalue weighted by Gasteiger charge is -2.18. The first-order chi connectivity index (χ1) is 12.3. The van der Waals surface area contributed by atoms with Crippen LogP contribution in [0.15, 0.2) is 91.0 Å². The van der Waals surface area contributed by atoms with Crippen molar-refractivity contribution in [3.63, 3.8) is 0 Å². The molecule has 0 aromatic heterocycles. The maximum Gasteiger partial charge on any atom is 0.338 e. The van der Waals surface area contributed by atoms with Gasteiger partial charge in [0.15, 0.2) is 0 Å². The van der Waals surface area contributed by atoms with Crippen LogP contribution >= 0.6 is 7.92 Å². The van der Waals surface area contributed by atoms with Gasteiger partial charge >= 0.3 is 5.97 Å². The van der Waals surface area contributed by atoms with E-state index in [9.17, 15) is 4.79 Å². The van der Waals surface area contributed by atoms with Crippen molar-refractivity contribution in [2.45, 2.75) is 6.42 Å². The van der Waals surface area contributed by atoms with E-state index in [0.717, 1.165) is 12.6 Å². The predicted octanol–water partition coefficient (Wildman–Crippen LogP) is 3.99. The molecule has 0 saturated carbocycles. The average molecular weight is 359 g/mol. The number of hydrogen-bond donors (Lipinski definition) is 0. The lowest BCUT2D eigenvalue weighted by atomic mass is 10.2. The minimum atomic E-state index is -0.427. The van der Waals surface area contributed by atoms with Crippen molar-refractivity contribution in [2.75, 3.05) is 12.8 Å². The maximum atomic E-state index is 12.0. The minimum absolute atomic E-state index is 0. The van der Waals surface area contributed by atoms with Gasteiger partial charge in [-0.25, -0.2) is 4.79 Å². The number of rotatable bonds is 7. The molecule has 0 N–H and O–H groups in total. The third-order valence-corrected chi connectivity index (χ3v) is 6.51. The molecule has 0 aliphatic carbocycles. The molecule has 3 aromatic rings. The molecule has 0 unspecified atom stereocenters. The van der Waals surface area contributed by atoms with Gasteiger partial charge in [0.25, 0.3) is 0 Å². The van der Waals surface area contributed by atoms with E-state index in [1.165, 1.54) is 10.6 Å². The van der Waals surface area contributed by atoms with Gasteiger partial charge in [0.05, 0.1) is 12.2 Å². The predicted molar refractivity (Wildman–Crippen MR) is 111 cm³/mol. The molecule has 2 nitrogen and oxygen atoms in total. The highest BCUT2D eigenvalue weighted by Crippen LogP contribution is 2.34. The van der Waals surface area contributed by atoms with Gasteiger partial charge in [0.1, 0.15) is 0 Å². The highest BCUT2D eigenvalue weighted by Gasteiger charge is 2.13. The topological polar surface area (TPSA) is 26.3 Å². The van der Waals surface area contributed by atoms with Crippen LogP contribution < -0.4 is 10.6 Å². The Morgan fingerprint density at radius 2 is 1.19 bits per heavy atom. The van der Waals surface area contributed by atoms with Gasteiger partial charge in [-0.1, -0.05) is 78.9 Å². The molecule has 0 fully saturated rings. The average Bonchev–Trinajstić information content (AvgIpc) is 2.70. The molecule has 0 spiro atoms. The van der Waals surface area contributed by atoms with Gasteiger partial charge in [-0.3, -0.25) is 0 Å². The molecule has 0 aliphatic heterocycles. The molecule has 0 atom stereocenters. The van der Waals surface area contributed by atoms with E-state index in [1.54, 1.807) is 12.1 Å². The fourth-order valence-corrected chi connectivity index (χ4v) is 4.99. The van der Waals surface area contributed by atoms with E-state index < -0.39 is 7.92 Å². The molecule has 129 valence electrons. The fraction of sp³-hybridized carbons (Fsp3) is 0.136. The van der Waals surface area contributed by atoms with Crippen LogP contribution in [0.3, 0.4) is 0 Å². The Balaban J connectivity index is 0.00000243. The van der Waals surface area contributed by atoms with Crippen molar-refractivity contribution in [3.8, 4) is 0 Å². The third kappa shape index (κ3) is 5.57. The number of carbonyl (C=O) groups excluding carboxylic acids is 1. The molecule has 26 heavy (non-hydrogen) atoms. The quantitative estimate of drug-likeness (QED) is 0.276. The summed E-state index contributed by atoms with van der Waals surface area (Å²) < 4.78 is 5.42. The standard InChI is InChI=1S/C22H21O2P.B/c23-22(19-11-4-1-5-12-19)24-17-10-18-25(20-13-6-2-7-14-20)21-15-8-3-9-16-21;/h1-9,11-16H,10,17-18H2;. The number of hydrogen-bond acceptors (Lipinski definition) is 2. The highest BCUT2D eigenvalue weighted by atomic mass is 31.1. The Kier molecular flexibility index (Phi) is 8.11. The van der Waals surface area contributed by atoms with Gasteiger partial charge in [-0.2, -0.15) is 0 Å². The van der Waals surface area contributed by atoms with Crippen molar-refractivity contribution < 1.29 is 9.53 Å². The van der Waals surface area contributed by atoms with E-state index in [4.69, 9.17) is 4.74 Å². The second-order valence-corrected chi connectivity index (χ2v) is 8.01. The smallest absolute Gasteiger partial charge is 0.338 e. The first kappa shape index (κ1) is 19.9. The maximum absolute atomic E-state index is 12.0. The molecular weight excluding hydrogens is 338 g/mol. The van der Waals surface area contributed by atoms with E-state index in [-0.39, 0.29) is 14.4 Å². The summed E-state index contributed by atoms with van der Waals surface area (Å²) >= 11 is 0. The van der Waals surface area contributed by atoms with Crippen molar-refractivity contribution >= 4 is 32.9 Å². The fourth-order valence-electron chi connectivity index (χ4n) is 2.67. The summed E-state index contributed by atoms with van der Waals surface area (Å²) in [6, 6.07) is 30.3. The van der Waals surface area contributed by atoms with Crippen LogP contribution in [0.2, 0.25) is 0 Å². The Hall–Kier alpha value is -2.38. The molecule has 0 saturated heterocycles. The minimum Gasteiger partial charge on any atom is -0.462 e. The monoisotopic (exact) mass is 359 g/mol. The zero-order valence-electron chi connectivity index (χ0n) is 14.6. The van der Waals surface area contributed by atoms with E-state index in [0.29, 0.717) is 12.2 Å². The zero-order valence-corrected chi connectivity index (χ0v) is 15.5. The van der Waals surface area contributed by atoms with Gasteiger partial charge < -0.3 is 4.74 Å². The normalized spacial score (nSPS) is 10.2. The molecule has 3 aromatic carbocycles. The summed E-state index contributed by atoms with van der Waals surface area (Å²) in [5, 5.41) is 2.72. The molecular formula is C22H21BO2P. The molecule has 0 amide bonds. The van der Waals surface area contributed by atoms with Crippen LogP contribution in [0.5, 0.6) is 0 Å². The highest BCUT2D eigenvalue weighted by molar-refractivity contribution is 7.73. The van der Waals surface area contributed by atoms with Crippen LogP contribution in [-0.2, 0) is 4.74 Å². The van der Waals surface area contributed by atoms with Crippen LogP contribution in [0.1, 0.15) is 16.8 Å². The van der Waals surface area contributed by atoms with Crippen molar-refractivity contribution in [1.29, 1.82) is 0 Å². The summed E-state index contributed by atoms with van der Waals surface area (Å²) in [6.45, 7) is 0.451. The number of esters is 1. The summed E-state index contributed by atoms with van der Waals surface area (Å²) in [5.41, 5.74) is 0.607. The number of carbonyl (C=O) groups is 1. The largest absolute Gasteiger partial charge is 0.462 e. The second kappa shape index (κ2) is 10.6. The Morgan fingerprint density at radius 1 is 0.731 bits per heavy atom. The molecule has 0 aliphatic rings. The molecule has 4 heteroatoms. The number of benzene rings is 3. The molecule has 3 radical (unpaired) electrons. The van der Waals surface area contributed by atoms with Crippen LogP contribution in [0, 0.1) is 0 Å². The SMILES string of the molecule is O=C(OCCCP(c1ccccc1)c1ccccc1)c1ccccc1.[B]. The van der Waals surface area contributed by atoms with Gasteiger partial charge in [0, 0.05) is 8.41 Å². The van der Waals surface area contributed by atoms with Crippen molar-refractivity contribution in [2.24, 2.45) is 0 Å². The third-order valence-electron chi connectivity index (χ3n) is 3.90. The Morgan fingerprint density at radius 3 is 1.69 bits per heavy atom. The molecule has 3 rings (SSSR count). The first-order valence-electron chi connectivity index (χ1n) is 8.44. The second-order valence-electron chi connectivity index (χ2n) is 5.68. The van der Waals surface area contributed by atoms with E-state index >= 15 is 0 Å². The van der Waals surface area contributed by atoms with Crippen LogP contribution in [-0.4, -0.2) is 27.2 Å². The zero-order chi connectivity index (χ0) is 17.3. The Labute approximate surface area is 158 Å². The lowest BCUT2D eigenvalue weighted by Crippen LogP contribution is -2.15. The summed E-state index contributed by atoms with van der Waals surface area (Å²) in [4.78, 5) is 12.0. The van der Waals surface area contributed by atoms with Gasteiger partial charge in [0.2, 0.25) is 0 Å². The van der Waals surface area contributed by atoms with E-state index in [2.05, 4.69) is 48.5 Å². The summed E-state index contributed by atoms with van der Waals surface area (Å²) in [7, 11) is -0.427. The first-order valence-corrected chi connectivity index (χ1v) is 9.97. The lowest BCUT2D eigenvalue weighted by molar-refractivity contribution is 0.0506. The van der Waals surface area contributed by atoms with Gasteiger partial charge in [-0.15, -0.1) is 0 Å². The van der Waals surface area contributed by atoms with Crippen molar-refractivity contribution in [1.82, 2.24) is 0 Å². The summed E-state index contributed by atoms with van der Waals surface area (Å²) in [5.74, 6) is -0.246. The van der Waals surface area contributed by atoms with Crippen LogP contribution in [0.4, 0.5) is 0 Å². The Bertz CT molecular complexity index is 740. The molecule has 0 heterocycles. The van der Waals surface area contributed by atoms with Gasteiger partial charge in [-0.05, 0) is 43.2 Å². The summed E-state index contributed by atoms with van der Waals surface area (Å²) in [6.07, 6.45) is 1.86. The van der Waals surface area contributed by atoms with Crippen LogP contribution in [0.25, 0.3) is 0 Å². The molecule has 0 bridgehead atoms. The van der Waals surface area contributed by atoms with Crippen molar-refractivity contribution in [3.05, 3.63) is 96.6 Å².